The van der Waals surface area contributed by atoms with Crippen molar-refractivity contribution in [2.75, 3.05) is 16.4 Å². The maximum absolute atomic E-state index is 11.4. The first-order valence-corrected chi connectivity index (χ1v) is 6.66. The van der Waals surface area contributed by atoms with Crippen LogP contribution >= 0.6 is 11.6 Å². The van der Waals surface area contributed by atoms with Gasteiger partial charge < -0.3 is 16.4 Å². The summed E-state index contributed by atoms with van der Waals surface area (Å²) in [5, 5.41) is 6.64. The van der Waals surface area contributed by atoms with Crippen molar-refractivity contribution in [2.24, 2.45) is 0 Å². The Labute approximate surface area is 121 Å². The number of anilines is 4. The van der Waals surface area contributed by atoms with Gasteiger partial charge in [0, 0.05) is 5.69 Å². The lowest BCUT2D eigenvalue weighted by Gasteiger charge is -2.13. The van der Waals surface area contributed by atoms with Gasteiger partial charge in [-0.3, -0.25) is 4.79 Å². The molecule has 0 radical (unpaired) electrons. The molecular weight excluding hydrogens is 274 g/mol. The number of amides is 1. The van der Waals surface area contributed by atoms with Crippen LogP contribution in [0.2, 0.25) is 5.02 Å². The van der Waals surface area contributed by atoms with Crippen LogP contribution in [-0.2, 0) is 11.2 Å². The Morgan fingerprint density at radius 2 is 2.05 bits per heavy atom. The topological polar surface area (TPSA) is 67.1 Å². The van der Waals surface area contributed by atoms with Gasteiger partial charge in [-0.05, 0) is 42.3 Å². The molecule has 0 saturated carbocycles. The van der Waals surface area contributed by atoms with Crippen molar-refractivity contribution >= 4 is 40.3 Å². The van der Waals surface area contributed by atoms with E-state index in [-0.39, 0.29) is 5.91 Å². The second kappa shape index (κ2) is 4.72. The maximum atomic E-state index is 11.4. The molecule has 0 bridgehead atoms. The second-order valence-electron chi connectivity index (χ2n) is 4.93. The Balaban J connectivity index is 1.95. The molecule has 0 aliphatic carbocycles. The van der Waals surface area contributed by atoms with Gasteiger partial charge in [0.25, 0.3) is 0 Å². The number of nitrogen functional groups attached to an aromatic ring is 1. The summed E-state index contributed by atoms with van der Waals surface area (Å²) in [5.41, 5.74) is 11.0. The molecule has 0 spiro atoms. The lowest BCUT2D eigenvalue weighted by Crippen LogP contribution is -2.03. The SMILES string of the molecule is Cc1ccc(Nc2cc3c(cc2N)CC(=O)N3)c(Cl)c1. The van der Waals surface area contributed by atoms with E-state index in [0.717, 1.165) is 28.2 Å². The van der Waals surface area contributed by atoms with Crippen LogP contribution < -0.4 is 16.4 Å². The van der Waals surface area contributed by atoms with E-state index in [2.05, 4.69) is 10.6 Å². The minimum Gasteiger partial charge on any atom is -0.397 e. The zero-order valence-electron chi connectivity index (χ0n) is 11.0. The smallest absolute Gasteiger partial charge is 0.228 e. The summed E-state index contributed by atoms with van der Waals surface area (Å²) in [6.45, 7) is 1.98. The van der Waals surface area contributed by atoms with Crippen molar-refractivity contribution in [3.05, 3.63) is 46.5 Å². The normalized spacial score (nSPS) is 13.0. The van der Waals surface area contributed by atoms with Crippen molar-refractivity contribution in [1.29, 1.82) is 0 Å². The molecule has 2 aromatic carbocycles. The molecule has 4 nitrogen and oxygen atoms in total. The van der Waals surface area contributed by atoms with Gasteiger partial charge in [0.2, 0.25) is 5.91 Å². The molecular formula is C15H14ClN3O. The molecule has 0 unspecified atom stereocenters. The van der Waals surface area contributed by atoms with Crippen LogP contribution in [0.5, 0.6) is 0 Å². The fourth-order valence-electron chi connectivity index (χ4n) is 2.27. The van der Waals surface area contributed by atoms with Crippen molar-refractivity contribution in [3.63, 3.8) is 0 Å². The average Bonchev–Trinajstić information content (AvgIpc) is 2.72. The van der Waals surface area contributed by atoms with Gasteiger partial charge in [0.15, 0.2) is 0 Å². The Morgan fingerprint density at radius 3 is 2.80 bits per heavy atom. The van der Waals surface area contributed by atoms with E-state index < -0.39 is 0 Å². The summed E-state index contributed by atoms with van der Waals surface area (Å²) in [6, 6.07) is 9.42. The van der Waals surface area contributed by atoms with Crippen molar-refractivity contribution in [3.8, 4) is 0 Å². The third kappa shape index (κ3) is 2.30. The molecule has 1 amide bonds. The summed E-state index contributed by atoms with van der Waals surface area (Å²) in [4.78, 5) is 11.4. The van der Waals surface area contributed by atoms with Gasteiger partial charge in [0.05, 0.1) is 28.5 Å². The molecule has 4 N–H and O–H groups in total. The zero-order valence-corrected chi connectivity index (χ0v) is 11.7. The van der Waals surface area contributed by atoms with Crippen molar-refractivity contribution in [1.82, 2.24) is 0 Å². The zero-order chi connectivity index (χ0) is 14.3. The van der Waals surface area contributed by atoms with E-state index >= 15 is 0 Å². The number of hydrogen-bond acceptors (Lipinski definition) is 3. The van der Waals surface area contributed by atoms with Gasteiger partial charge in [0.1, 0.15) is 0 Å². The first-order chi connectivity index (χ1) is 9.52. The lowest BCUT2D eigenvalue weighted by molar-refractivity contribution is -0.115. The van der Waals surface area contributed by atoms with Gasteiger partial charge in [-0.15, -0.1) is 0 Å². The number of carbonyl (C=O) groups excluding carboxylic acids is 1. The number of benzene rings is 2. The highest BCUT2D eigenvalue weighted by molar-refractivity contribution is 6.33. The number of fused-ring (bicyclic) bond motifs is 1. The molecule has 0 atom stereocenters. The minimum absolute atomic E-state index is 0.00933. The molecule has 102 valence electrons. The van der Waals surface area contributed by atoms with Crippen LogP contribution in [0.15, 0.2) is 30.3 Å². The summed E-state index contributed by atoms with van der Waals surface area (Å²) in [7, 11) is 0. The van der Waals surface area contributed by atoms with Crippen molar-refractivity contribution in [2.45, 2.75) is 13.3 Å². The third-order valence-electron chi connectivity index (χ3n) is 3.29. The molecule has 2 aromatic rings. The largest absolute Gasteiger partial charge is 0.397 e. The number of hydrogen-bond donors (Lipinski definition) is 3. The highest BCUT2D eigenvalue weighted by Gasteiger charge is 2.19. The minimum atomic E-state index is -0.00933. The summed E-state index contributed by atoms with van der Waals surface area (Å²) < 4.78 is 0. The van der Waals surface area contributed by atoms with Crippen LogP contribution in [0.1, 0.15) is 11.1 Å². The predicted octanol–water partition coefficient (Wildman–Crippen LogP) is 3.47. The maximum Gasteiger partial charge on any atom is 0.228 e. The first kappa shape index (κ1) is 12.8. The van der Waals surface area contributed by atoms with E-state index in [1.807, 2.05) is 37.3 Å². The Bertz CT molecular complexity index is 713. The Kier molecular flexibility index (Phi) is 3.03. The predicted molar refractivity (Wildman–Crippen MR) is 82.7 cm³/mol. The molecule has 0 fully saturated rings. The first-order valence-electron chi connectivity index (χ1n) is 6.28. The van der Waals surface area contributed by atoms with Crippen LogP contribution in [0.3, 0.4) is 0 Å². The molecule has 0 saturated heterocycles. The Hall–Kier alpha value is -2.20. The highest BCUT2D eigenvalue weighted by atomic mass is 35.5. The van der Waals surface area contributed by atoms with Gasteiger partial charge in [-0.2, -0.15) is 0 Å². The van der Waals surface area contributed by atoms with E-state index in [9.17, 15) is 4.79 Å². The van der Waals surface area contributed by atoms with Crippen LogP contribution in [-0.4, -0.2) is 5.91 Å². The molecule has 0 aromatic heterocycles. The van der Waals surface area contributed by atoms with Gasteiger partial charge in [-0.25, -0.2) is 0 Å². The molecule has 5 heteroatoms. The summed E-state index contributed by atoms with van der Waals surface area (Å²) >= 11 is 6.20. The Morgan fingerprint density at radius 1 is 1.25 bits per heavy atom. The van der Waals surface area contributed by atoms with Crippen LogP contribution in [0, 0.1) is 6.92 Å². The molecule has 1 heterocycles. The van der Waals surface area contributed by atoms with Crippen LogP contribution in [0.4, 0.5) is 22.7 Å². The monoisotopic (exact) mass is 287 g/mol. The summed E-state index contributed by atoms with van der Waals surface area (Å²) in [5.74, 6) is -0.00933. The van der Waals surface area contributed by atoms with Gasteiger partial charge in [-0.1, -0.05) is 17.7 Å². The molecule has 1 aliphatic rings. The van der Waals surface area contributed by atoms with E-state index in [1.165, 1.54) is 0 Å². The number of rotatable bonds is 2. The summed E-state index contributed by atoms with van der Waals surface area (Å²) in [6.07, 6.45) is 0.380. The molecule has 20 heavy (non-hydrogen) atoms. The van der Waals surface area contributed by atoms with Crippen LogP contribution in [0.25, 0.3) is 0 Å². The van der Waals surface area contributed by atoms with E-state index in [0.29, 0.717) is 17.1 Å². The highest BCUT2D eigenvalue weighted by Crippen LogP contribution is 2.34. The number of nitrogens with one attached hydrogen (secondary N) is 2. The fourth-order valence-corrected chi connectivity index (χ4v) is 2.55. The van der Waals surface area contributed by atoms with E-state index in [1.54, 1.807) is 0 Å². The van der Waals surface area contributed by atoms with Gasteiger partial charge >= 0.3 is 0 Å². The third-order valence-corrected chi connectivity index (χ3v) is 3.61. The standard InChI is InChI=1S/C15H14ClN3O/c1-8-2-3-12(10(16)4-8)18-14-7-13-9(5-11(14)17)6-15(20)19-13/h2-5,7,18H,6,17H2,1H3,(H,19,20). The quantitative estimate of drug-likeness (QED) is 0.741. The second-order valence-corrected chi connectivity index (χ2v) is 5.34. The number of carbonyl (C=O) groups is 1. The number of nitrogens with two attached hydrogens (primary N) is 1. The fraction of sp³-hybridized carbons (Fsp3) is 0.133. The molecule has 3 rings (SSSR count). The average molecular weight is 288 g/mol. The number of halogens is 1. The number of aryl methyl sites for hydroxylation is 1. The molecule has 1 aliphatic heterocycles. The van der Waals surface area contributed by atoms with E-state index in [4.69, 9.17) is 17.3 Å². The van der Waals surface area contributed by atoms with Crippen molar-refractivity contribution < 1.29 is 4.79 Å². The lowest BCUT2D eigenvalue weighted by atomic mass is 10.1.